The first-order valence-electron chi connectivity index (χ1n) is 3.97. The van der Waals surface area contributed by atoms with Gasteiger partial charge in [0.15, 0.2) is 0 Å². The van der Waals surface area contributed by atoms with E-state index in [-0.39, 0.29) is 23.9 Å². The Kier molecular flexibility index (Phi) is 4.00. The van der Waals surface area contributed by atoms with Gasteiger partial charge in [-0.15, -0.1) is 12.4 Å². The van der Waals surface area contributed by atoms with E-state index in [4.69, 9.17) is 5.11 Å². The number of aliphatic hydroxyl groups is 1. The quantitative estimate of drug-likeness (QED) is 0.597. The first kappa shape index (κ1) is 11.7. The summed E-state index contributed by atoms with van der Waals surface area (Å²) in [7, 11) is 0. The Morgan fingerprint density at radius 3 is 2.42 bits per heavy atom. The number of nitrogens with zero attached hydrogens (tertiary/aromatic N) is 1. The fraction of sp³-hybridized carbons (Fsp3) is 0.875. The average Bonchev–Trinajstić information content (AvgIpc) is 1.86. The van der Waals surface area contributed by atoms with Crippen LogP contribution in [0.4, 0.5) is 0 Å². The fourth-order valence-electron chi connectivity index (χ4n) is 1.03. The number of aliphatic hydroxyl groups excluding tert-OH is 1. The van der Waals surface area contributed by atoms with E-state index in [1.807, 2.05) is 0 Å². The summed E-state index contributed by atoms with van der Waals surface area (Å²) in [5, 5.41) is 12.2. The van der Waals surface area contributed by atoms with Gasteiger partial charge in [-0.3, -0.25) is 4.99 Å². The van der Waals surface area contributed by atoms with Crippen LogP contribution in [0.15, 0.2) is 4.99 Å². The molecular weight excluding hydrogens is 176 g/mol. The van der Waals surface area contributed by atoms with Crippen LogP contribution in [0.1, 0.15) is 20.8 Å². The standard InChI is InChI=1S/C8H16N2O.ClH/c1-8(2,3)7-9-4-6(11)5-10-7;/h6,11H,4-5H2,1-3H3,(H,9,10);1H. The number of amidine groups is 1. The van der Waals surface area contributed by atoms with Crippen molar-refractivity contribution in [1.29, 1.82) is 0 Å². The molecular formula is C8H17ClN2O. The molecule has 0 fully saturated rings. The van der Waals surface area contributed by atoms with Gasteiger partial charge >= 0.3 is 0 Å². The lowest BCUT2D eigenvalue weighted by Crippen LogP contribution is -2.44. The topological polar surface area (TPSA) is 44.6 Å². The SMILES string of the molecule is CC(C)(C)C1=NCC(O)CN1.Cl. The molecule has 0 saturated carbocycles. The van der Waals surface area contributed by atoms with E-state index in [0.717, 1.165) is 5.84 Å². The summed E-state index contributed by atoms with van der Waals surface area (Å²) in [5.74, 6) is 1.00. The van der Waals surface area contributed by atoms with Crippen LogP contribution in [0.2, 0.25) is 0 Å². The van der Waals surface area contributed by atoms with Gasteiger partial charge in [-0.1, -0.05) is 20.8 Å². The highest BCUT2D eigenvalue weighted by Gasteiger charge is 2.22. The van der Waals surface area contributed by atoms with Crippen molar-refractivity contribution < 1.29 is 5.11 Å². The summed E-state index contributed by atoms with van der Waals surface area (Å²) in [6, 6.07) is 0. The predicted octanol–water partition coefficient (Wildman–Crippen LogP) is 0.817. The normalized spacial score (nSPS) is 23.7. The molecule has 3 nitrogen and oxygen atoms in total. The van der Waals surface area contributed by atoms with Crippen LogP contribution in [0.5, 0.6) is 0 Å². The van der Waals surface area contributed by atoms with E-state index in [0.29, 0.717) is 13.1 Å². The maximum atomic E-state index is 9.12. The van der Waals surface area contributed by atoms with Gasteiger partial charge in [-0.2, -0.15) is 0 Å². The third-order valence-electron chi connectivity index (χ3n) is 1.68. The van der Waals surface area contributed by atoms with Crippen molar-refractivity contribution in [3.05, 3.63) is 0 Å². The van der Waals surface area contributed by atoms with Gasteiger partial charge in [0, 0.05) is 12.0 Å². The predicted molar refractivity (Wildman–Crippen MR) is 53.0 cm³/mol. The van der Waals surface area contributed by atoms with Crippen molar-refractivity contribution in [3.63, 3.8) is 0 Å². The molecule has 1 heterocycles. The second kappa shape index (κ2) is 4.10. The largest absolute Gasteiger partial charge is 0.389 e. The van der Waals surface area contributed by atoms with E-state index < -0.39 is 0 Å². The van der Waals surface area contributed by atoms with E-state index in [1.54, 1.807) is 0 Å². The lowest BCUT2D eigenvalue weighted by Gasteiger charge is -2.27. The van der Waals surface area contributed by atoms with E-state index in [9.17, 15) is 0 Å². The third kappa shape index (κ3) is 2.99. The van der Waals surface area contributed by atoms with Gasteiger partial charge in [0.25, 0.3) is 0 Å². The maximum absolute atomic E-state index is 9.12. The van der Waals surface area contributed by atoms with Crippen molar-refractivity contribution in [1.82, 2.24) is 5.32 Å². The van der Waals surface area contributed by atoms with E-state index in [2.05, 4.69) is 31.1 Å². The number of rotatable bonds is 0. The van der Waals surface area contributed by atoms with Crippen LogP contribution in [-0.2, 0) is 0 Å². The smallest absolute Gasteiger partial charge is 0.102 e. The molecule has 0 saturated heterocycles. The van der Waals surface area contributed by atoms with Crippen molar-refractivity contribution in [2.24, 2.45) is 10.4 Å². The maximum Gasteiger partial charge on any atom is 0.102 e. The average molecular weight is 193 g/mol. The number of β-amino-alcohol motifs (C(OH)–C–C–N with tert-alkyl or cyclic N) is 1. The zero-order chi connectivity index (χ0) is 8.48. The number of halogens is 1. The van der Waals surface area contributed by atoms with Crippen LogP contribution in [0, 0.1) is 5.41 Å². The zero-order valence-electron chi connectivity index (χ0n) is 7.79. The highest BCUT2D eigenvalue weighted by Crippen LogP contribution is 2.15. The van der Waals surface area contributed by atoms with Crippen LogP contribution in [0.3, 0.4) is 0 Å². The summed E-state index contributed by atoms with van der Waals surface area (Å²) in [4.78, 5) is 4.24. The Hall–Kier alpha value is -0.280. The van der Waals surface area contributed by atoms with Crippen LogP contribution in [0.25, 0.3) is 0 Å². The highest BCUT2D eigenvalue weighted by atomic mass is 35.5. The molecule has 72 valence electrons. The van der Waals surface area contributed by atoms with Gasteiger partial charge < -0.3 is 10.4 Å². The van der Waals surface area contributed by atoms with Crippen molar-refractivity contribution in [2.45, 2.75) is 26.9 Å². The molecule has 0 aromatic heterocycles. The Morgan fingerprint density at radius 1 is 1.50 bits per heavy atom. The fourth-order valence-corrected chi connectivity index (χ4v) is 1.03. The van der Waals surface area contributed by atoms with E-state index >= 15 is 0 Å². The molecule has 0 bridgehead atoms. The highest BCUT2D eigenvalue weighted by molar-refractivity contribution is 5.87. The minimum Gasteiger partial charge on any atom is -0.389 e. The molecule has 0 spiro atoms. The Balaban J connectivity index is 0.00000121. The minimum atomic E-state index is -0.305. The molecule has 1 rings (SSSR count). The Bertz CT molecular complexity index is 174. The summed E-state index contributed by atoms with van der Waals surface area (Å²) in [6.07, 6.45) is -0.305. The summed E-state index contributed by atoms with van der Waals surface area (Å²) in [5.41, 5.74) is 0.0835. The number of aliphatic imine (C=N–C) groups is 1. The molecule has 0 aliphatic carbocycles. The van der Waals surface area contributed by atoms with Crippen LogP contribution >= 0.6 is 12.4 Å². The molecule has 0 amide bonds. The van der Waals surface area contributed by atoms with Gasteiger partial charge in [-0.05, 0) is 0 Å². The van der Waals surface area contributed by atoms with E-state index in [1.165, 1.54) is 0 Å². The lowest BCUT2D eigenvalue weighted by molar-refractivity contribution is 0.179. The monoisotopic (exact) mass is 192 g/mol. The summed E-state index contributed by atoms with van der Waals surface area (Å²) in [6.45, 7) is 7.50. The van der Waals surface area contributed by atoms with Gasteiger partial charge in [0.2, 0.25) is 0 Å². The molecule has 0 radical (unpaired) electrons. The third-order valence-corrected chi connectivity index (χ3v) is 1.68. The molecule has 1 unspecified atom stereocenters. The molecule has 12 heavy (non-hydrogen) atoms. The zero-order valence-corrected chi connectivity index (χ0v) is 8.61. The van der Waals surface area contributed by atoms with Crippen molar-refractivity contribution in [3.8, 4) is 0 Å². The molecule has 1 aliphatic heterocycles. The first-order chi connectivity index (χ1) is 5.00. The first-order valence-corrected chi connectivity index (χ1v) is 3.97. The Labute approximate surface area is 79.7 Å². The number of hydrogen-bond donors (Lipinski definition) is 2. The van der Waals surface area contributed by atoms with Crippen LogP contribution in [-0.4, -0.2) is 30.1 Å². The van der Waals surface area contributed by atoms with Gasteiger partial charge in [0.1, 0.15) is 5.84 Å². The molecule has 0 aromatic rings. The molecule has 2 N–H and O–H groups in total. The van der Waals surface area contributed by atoms with Crippen molar-refractivity contribution in [2.75, 3.05) is 13.1 Å². The molecule has 0 aromatic carbocycles. The number of nitrogens with one attached hydrogen (secondary N) is 1. The second-order valence-corrected chi connectivity index (χ2v) is 3.97. The van der Waals surface area contributed by atoms with Crippen LogP contribution < -0.4 is 5.32 Å². The molecule has 1 atom stereocenters. The minimum absolute atomic E-state index is 0. The van der Waals surface area contributed by atoms with Crippen molar-refractivity contribution >= 4 is 18.2 Å². The van der Waals surface area contributed by atoms with Gasteiger partial charge in [-0.25, -0.2) is 0 Å². The second-order valence-electron chi connectivity index (χ2n) is 3.97. The number of hydrogen-bond acceptors (Lipinski definition) is 3. The summed E-state index contributed by atoms with van der Waals surface area (Å²) < 4.78 is 0. The lowest BCUT2D eigenvalue weighted by atomic mass is 9.94. The molecule has 1 aliphatic rings. The van der Waals surface area contributed by atoms with Gasteiger partial charge in [0.05, 0.1) is 12.6 Å². The molecule has 4 heteroatoms. The Morgan fingerprint density at radius 2 is 2.08 bits per heavy atom. The summed E-state index contributed by atoms with van der Waals surface area (Å²) >= 11 is 0.